The van der Waals surface area contributed by atoms with Crippen molar-refractivity contribution < 1.29 is 8.42 Å². The first-order chi connectivity index (χ1) is 7.51. The molecule has 1 aromatic carbocycles. The summed E-state index contributed by atoms with van der Waals surface area (Å²) < 4.78 is 23.1. The molecule has 0 unspecified atom stereocenters. The van der Waals surface area contributed by atoms with E-state index >= 15 is 0 Å². The first-order valence-electron chi connectivity index (χ1n) is 4.92. The first-order valence-corrected chi connectivity index (χ1v) is 6.57. The van der Waals surface area contributed by atoms with Crippen molar-refractivity contribution in [2.45, 2.75) is 11.8 Å². The van der Waals surface area contributed by atoms with E-state index in [1.54, 1.807) is 43.1 Å². The van der Waals surface area contributed by atoms with E-state index in [4.69, 9.17) is 5.26 Å². The molecule has 0 heterocycles. The van der Waals surface area contributed by atoms with Crippen molar-refractivity contribution in [1.29, 1.82) is 5.26 Å². The maximum Gasteiger partial charge on any atom is 0.178 e. The van der Waals surface area contributed by atoms with E-state index < -0.39 is 9.84 Å². The number of benzene rings is 1. The van der Waals surface area contributed by atoms with Crippen LogP contribution in [0.25, 0.3) is 0 Å². The Balaban J connectivity index is 2.97. The topological polar surface area (TPSA) is 61.2 Å². The first kappa shape index (κ1) is 12.5. The summed E-state index contributed by atoms with van der Waals surface area (Å²) in [4.78, 5) is 2.08. The Labute approximate surface area is 96.0 Å². The lowest BCUT2D eigenvalue weighted by molar-refractivity contribution is 0.597. The van der Waals surface area contributed by atoms with Gasteiger partial charge in [-0.25, -0.2) is 8.42 Å². The number of sulfone groups is 1. The number of hydrogen-bond acceptors (Lipinski definition) is 4. The molecule has 0 amide bonds. The van der Waals surface area contributed by atoms with Gasteiger partial charge in [0.25, 0.3) is 0 Å². The molecule has 0 radical (unpaired) electrons. The lowest BCUT2D eigenvalue weighted by Gasteiger charge is -2.15. The molecule has 4 nitrogen and oxygen atoms in total. The Morgan fingerprint density at radius 2 is 1.88 bits per heavy atom. The molecule has 0 atom stereocenters. The van der Waals surface area contributed by atoms with Gasteiger partial charge in [-0.2, -0.15) is 5.26 Å². The lowest BCUT2D eigenvalue weighted by atomic mass is 10.3. The number of nitriles is 1. The molecule has 0 aliphatic heterocycles. The van der Waals surface area contributed by atoms with Crippen molar-refractivity contribution in [2.75, 3.05) is 24.2 Å². The van der Waals surface area contributed by atoms with Gasteiger partial charge in [-0.1, -0.05) is 6.92 Å². The van der Waals surface area contributed by atoms with Crippen LogP contribution in [-0.4, -0.2) is 27.8 Å². The Morgan fingerprint density at radius 1 is 1.31 bits per heavy atom. The van der Waals surface area contributed by atoms with Crippen molar-refractivity contribution in [2.24, 2.45) is 0 Å². The molecule has 0 N–H and O–H groups in total. The van der Waals surface area contributed by atoms with Crippen molar-refractivity contribution in [3.63, 3.8) is 0 Å². The molecular weight excluding hydrogens is 224 g/mol. The van der Waals surface area contributed by atoms with Gasteiger partial charge in [-0.3, -0.25) is 0 Å². The highest BCUT2D eigenvalue weighted by atomic mass is 32.2. The van der Waals surface area contributed by atoms with Crippen molar-refractivity contribution in [3.05, 3.63) is 24.3 Å². The predicted molar refractivity (Wildman–Crippen MR) is 63.1 cm³/mol. The van der Waals surface area contributed by atoms with E-state index in [-0.39, 0.29) is 12.3 Å². The summed E-state index contributed by atoms with van der Waals surface area (Å²) in [6, 6.07) is 8.59. The Bertz CT molecular complexity index is 486. The van der Waals surface area contributed by atoms with Crippen molar-refractivity contribution >= 4 is 15.5 Å². The highest BCUT2D eigenvalue weighted by molar-refractivity contribution is 7.91. The lowest BCUT2D eigenvalue weighted by Crippen LogP contribution is -2.16. The van der Waals surface area contributed by atoms with Crippen LogP contribution in [0.5, 0.6) is 0 Å². The van der Waals surface area contributed by atoms with Gasteiger partial charge in [0.2, 0.25) is 0 Å². The zero-order chi connectivity index (χ0) is 12.2. The summed E-state index contributed by atoms with van der Waals surface area (Å²) >= 11 is 0. The highest BCUT2D eigenvalue weighted by Gasteiger charge is 2.11. The fraction of sp³-hybridized carbons (Fsp3) is 0.364. The van der Waals surface area contributed by atoms with Gasteiger partial charge >= 0.3 is 0 Å². The van der Waals surface area contributed by atoms with Crippen LogP contribution in [0, 0.1) is 11.3 Å². The number of anilines is 1. The molecular formula is C11H14N2O2S. The minimum atomic E-state index is -3.14. The third-order valence-corrected chi connectivity index (χ3v) is 4.08. The van der Waals surface area contributed by atoms with E-state index in [2.05, 4.69) is 0 Å². The summed E-state index contributed by atoms with van der Waals surface area (Å²) in [5.41, 5.74) is 0.830. The molecule has 5 heteroatoms. The van der Waals surface area contributed by atoms with Crippen LogP contribution < -0.4 is 4.90 Å². The largest absolute Gasteiger partial charge is 0.361 e. The second kappa shape index (κ2) is 4.99. The predicted octanol–water partition coefficient (Wildman–Crippen LogP) is 1.44. The van der Waals surface area contributed by atoms with E-state index in [9.17, 15) is 8.42 Å². The fourth-order valence-corrected chi connectivity index (χ4v) is 2.16. The Hall–Kier alpha value is -1.54. The van der Waals surface area contributed by atoms with Gasteiger partial charge in [0.15, 0.2) is 9.84 Å². The van der Waals surface area contributed by atoms with Crippen molar-refractivity contribution in [1.82, 2.24) is 0 Å². The second-order valence-electron chi connectivity index (χ2n) is 3.41. The fourth-order valence-electron chi connectivity index (χ4n) is 1.27. The molecule has 0 aromatic heterocycles. The van der Waals surface area contributed by atoms with Crippen LogP contribution in [0.15, 0.2) is 29.2 Å². The average molecular weight is 238 g/mol. The summed E-state index contributed by atoms with van der Waals surface area (Å²) in [6.07, 6.45) is 0. The highest BCUT2D eigenvalue weighted by Crippen LogP contribution is 2.17. The Morgan fingerprint density at radius 3 is 2.31 bits per heavy atom. The van der Waals surface area contributed by atoms with Crippen molar-refractivity contribution in [3.8, 4) is 6.07 Å². The minimum Gasteiger partial charge on any atom is -0.361 e. The van der Waals surface area contributed by atoms with Gasteiger partial charge < -0.3 is 4.90 Å². The van der Waals surface area contributed by atoms with Gasteiger partial charge in [0.05, 0.1) is 16.7 Å². The number of rotatable bonds is 4. The van der Waals surface area contributed by atoms with Crippen LogP contribution in [0.3, 0.4) is 0 Å². The second-order valence-corrected chi connectivity index (χ2v) is 5.69. The molecule has 0 saturated carbocycles. The Kier molecular flexibility index (Phi) is 3.91. The van der Waals surface area contributed by atoms with E-state index in [1.807, 2.05) is 6.07 Å². The van der Waals surface area contributed by atoms with Gasteiger partial charge in [-0.15, -0.1) is 0 Å². The van der Waals surface area contributed by atoms with Crippen LogP contribution >= 0.6 is 0 Å². The summed E-state index contributed by atoms with van der Waals surface area (Å²) in [5, 5.41) is 8.53. The number of hydrogen-bond donors (Lipinski definition) is 0. The van der Waals surface area contributed by atoms with Crippen LogP contribution in [0.2, 0.25) is 0 Å². The third-order valence-electron chi connectivity index (χ3n) is 2.32. The third kappa shape index (κ3) is 2.74. The van der Waals surface area contributed by atoms with E-state index in [0.29, 0.717) is 4.90 Å². The smallest absolute Gasteiger partial charge is 0.178 e. The summed E-state index contributed by atoms with van der Waals surface area (Å²) in [7, 11) is -1.35. The van der Waals surface area contributed by atoms with Gasteiger partial charge in [-0.05, 0) is 24.3 Å². The molecule has 1 rings (SSSR count). The zero-order valence-corrected chi connectivity index (χ0v) is 10.2. The normalized spacial score (nSPS) is 10.8. The molecule has 0 aliphatic carbocycles. The molecule has 0 bridgehead atoms. The molecule has 0 spiro atoms. The molecule has 1 aromatic rings. The molecule has 0 fully saturated rings. The standard InChI is InChI=1S/C11H14N2O2S/c1-3-16(14,15)11-6-4-10(5-7-11)13(2)9-8-12/h4-7H,3,9H2,1-2H3. The maximum atomic E-state index is 11.5. The maximum absolute atomic E-state index is 11.5. The minimum absolute atomic E-state index is 0.0976. The monoisotopic (exact) mass is 238 g/mol. The van der Waals surface area contributed by atoms with E-state index in [0.717, 1.165) is 5.69 Å². The van der Waals surface area contributed by atoms with Crippen LogP contribution in [0.1, 0.15) is 6.92 Å². The van der Waals surface area contributed by atoms with Gasteiger partial charge in [0, 0.05) is 12.7 Å². The number of nitrogens with zero attached hydrogens (tertiary/aromatic N) is 2. The quantitative estimate of drug-likeness (QED) is 0.745. The average Bonchev–Trinajstić information content (AvgIpc) is 2.29. The summed E-state index contributed by atoms with van der Waals surface area (Å²) in [6.45, 7) is 1.89. The SMILES string of the molecule is CCS(=O)(=O)c1ccc(N(C)CC#N)cc1. The molecule has 86 valence electrons. The molecule has 0 saturated heterocycles. The van der Waals surface area contributed by atoms with Gasteiger partial charge in [0.1, 0.15) is 6.54 Å². The molecule has 16 heavy (non-hydrogen) atoms. The zero-order valence-electron chi connectivity index (χ0n) is 9.34. The summed E-state index contributed by atoms with van der Waals surface area (Å²) in [5.74, 6) is 0.0976. The van der Waals surface area contributed by atoms with Crippen LogP contribution in [0.4, 0.5) is 5.69 Å². The van der Waals surface area contributed by atoms with E-state index in [1.165, 1.54) is 0 Å². The van der Waals surface area contributed by atoms with Crippen LogP contribution in [-0.2, 0) is 9.84 Å². The molecule has 0 aliphatic rings.